The molecule has 126 valence electrons. The molecule has 0 spiro atoms. The molecule has 0 amide bonds. The molecule has 0 N–H and O–H groups in total. The number of carbonyl (C=O) groups is 1. The highest BCUT2D eigenvalue weighted by atomic mass is 16.5. The van der Waals surface area contributed by atoms with Gasteiger partial charge in [-0.1, -0.05) is 60.7 Å². The molecule has 2 aromatic rings. The minimum atomic E-state index is -0.100. The van der Waals surface area contributed by atoms with Crippen molar-refractivity contribution >= 4 is 11.5 Å². The van der Waals surface area contributed by atoms with Gasteiger partial charge < -0.3 is 4.74 Å². The molecular weight excluding hydrogens is 308 g/mol. The minimum absolute atomic E-state index is 0.100. The van der Waals surface area contributed by atoms with Crippen LogP contribution in [0.3, 0.4) is 0 Å². The lowest BCUT2D eigenvalue weighted by Gasteiger charge is -2.44. The predicted octanol–water partition coefficient (Wildman–Crippen LogP) is 4.86. The number of hydrogen-bond acceptors (Lipinski definition) is 2. The van der Waals surface area contributed by atoms with Crippen molar-refractivity contribution in [2.75, 3.05) is 0 Å². The van der Waals surface area contributed by atoms with Crippen LogP contribution in [0.4, 0.5) is 0 Å². The molecule has 2 aromatic carbocycles. The smallest absolute Gasteiger partial charge is 0.334 e. The van der Waals surface area contributed by atoms with Crippen molar-refractivity contribution in [3.63, 3.8) is 0 Å². The van der Waals surface area contributed by atoms with Crippen LogP contribution in [0.2, 0.25) is 0 Å². The molecule has 0 radical (unpaired) electrons. The maximum absolute atomic E-state index is 12.9. The van der Waals surface area contributed by atoms with E-state index >= 15 is 0 Å². The van der Waals surface area contributed by atoms with Crippen LogP contribution in [0.1, 0.15) is 30.4 Å². The van der Waals surface area contributed by atoms with Crippen molar-refractivity contribution in [2.45, 2.75) is 25.9 Å². The van der Waals surface area contributed by atoms with E-state index in [0.29, 0.717) is 24.4 Å². The van der Waals surface area contributed by atoms with Gasteiger partial charge in [-0.05, 0) is 53.7 Å². The standard InChI is InChI=1S/C23H22O2/c24-23(25-14-15-7-3-1-4-8-15)22-19(16-9-5-2-6-10-16)20-17-11-12-18(13-17)21(20)22/h1-10,17-18,20-21H,11-14H2/t17-,18+,20-,21-/m0/s1. The summed E-state index contributed by atoms with van der Waals surface area (Å²) in [4.78, 5) is 12.9. The van der Waals surface area contributed by atoms with Crippen LogP contribution in [0.25, 0.3) is 5.57 Å². The summed E-state index contributed by atoms with van der Waals surface area (Å²) in [7, 11) is 0. The monoisotopic (exact) mass is 330 g/mol. The van der Waals surface area contributed by atoms with E-state index in [1.807, 2.05) is 36.4 Å². The second-order valence-corrected chi connectivity index (χ2v) is 7.64. The van der Waals surface area contributed by atoms with Crippen molar-refractivity contribution in [3.05, 3.63) is 77.4 Å². The molecule has 4 atom stereocenters. The first-order valence-corrected chi connectivity index (χ1v) is 9.33. The van der Waals surface area contributed by atoms with Crippen LogP contribution >= 0.6 is 0 Å². The second-order valence-electron chi connectivity index (χ2n) is 7.64. The summed E-state index contributed by atoms with van der Waals surface area (Å²) in [5, 5.41) is 0. The number of esters is 1. The molecular formula is C23H22O2. The minimum Gasteiger partial charge on any atom is -0.457 e. The fraction of sp³-hybridized carbons (Fsp3) is 0.348. The molecule has 2 nitrogen and oxygen atoms in total. The Balaban J connectivity index is 1.45. The van der Waals surface area contributed by atoms with E-state index < -0.39 is 0 Å². The summed E-state index contributed by atoms with van der Waals surface area (Å²) < 4.78 is 5.70. The summed E-state index contributed by atoms with van der Waals surface area (Å²) in [6, 6.07) is 20.4. The van der Waals surface area contributed by atoms with Crippen LogP contribution in [-0.4, -0.2) is 5.97 Å². The molecule has 25 heavy (non-hydrogen) atoms. The molecule has 2 saturated carbocycles. The molecule has 2 heteroatoms. The van der Waals surface area contributed by atoms with Gasteiger partial charge in [-0.3, -0.25) is 0 Å². The third-order valence-corrected chi connectivity index (χ3v) is 6.39. The molecule has 0 aliphatic heterocycles. The molecule has 2 bridgehead atoms. The topological polar surface area (TPSA) is 26.3 Å². The maximum atomic E-state index is 12.9. The van der Waals surface area contributed by atoms with Gasteiger partial charge in [0.25, 0.3) is 0 Å². The third kappa shape index (κ3) is 2.35. The van der Waals surface area contributed by atoms with Gasteiger partial charge in [-0.2, -0.15) is 0 Å². The van der Waals surface area contributed by atoms with Gasteiger partial charge in [-0.15, -0.1) is 0 Å². The zero-order chi connectivity index (χ0) is 16.8. The van der Waals surface area contributed by atoms with E-state index in [9.17, 15) is 4.79 Å². The Morgan fingerprint density at radius 1 is 0.880 bits per heavy atom. The predicted molar refractivity (Wildman–Crippen MR) is 97.4 cm³/mol. The van der Waals surface area contributed by atoms with Crippen molar-refractivity contribution in [1.82, 2.24) is 0 Å². The SMILES string of the molecule is O=C(OCc1ccccc1)C1=C(c2ccccc2)[C@@H]2[C@H]3CC[C@H](C3)[C@H]12. The summed E-state index contributed by atoms with van der Waals surface area (Å²) in [6.07, 6.45) is 3.90. The Kier molecular flexibility index (Phi) is 3.51. The van der Waals surface area contributed by atoms with Crippen molar-refractivity contribution in [3.8, 4) is 0 Å². The second kappa shape index (κ2) is 5.87. The molecule has 0 heterocycles. The van der Waals surface area contributed by atoms with E-state index in [-0.39, 0.29) is 5.97 Å². The quantitative estimate of drug-likeness (QED) is 0.748. The van der Waals surface area contributed by atoms with Gasteiger partial charge in [-0.25, -0.2) is 4.79 Å². The van der Waals surface area contributed by atoms with Gasteiger partial charge in [0.1, 0.15) is 6.61 Å². The number of ether oxygens (including phenoxy) is 1. The van der Waals surface area contributed by atoms with Crippen molar-refractivity contribution in [2.24, 2.45) is 23.7 Å². The number of carbonyl (C=O) groups excluding carboxylic acids is 1. The normalized spacial score (nSPS) is 29.3. The van der Waals surface area contributed by atoms with E-state index in [2.05, 4.69) is 24.3 Å². The van der Waals surface area contributed by atoms with Crippen molar-refractivity contribution in [1.29, 1.82) is 0 Å². The summed E-state index contributed by atoms with van der Waals surface area (Å²) in [5.41, 5.74) is 4.50. The third-order valence-electron chi connectivity index (χ3n) is 6.39. The van der Waals surface area contributed by atoms with Gasteiger partial charge in [0, 0.05) is 11.5 Å². The first kappa shape index (κ1) is 14.9. The number of allylic oxidation sites excluding steroid dienone is 1. The van der Waals surface area contributed by atoms with Crippen LogP contribution in [0.5, 0.6) is 0 Å². The molecule has 5 rings (SSSR count). The Hall–Kier alpha value is -2.35. The Morgan fingerprint density at radius 3 is 2.24 bits per heavy atom. The van der Waals surface area contributed by atoms with Crippen molar-refractivity contribution < 1.29 is 9.53 Å². The van der Waals surface area contributed by atoms with Crippen LogP contribution in [0, 0.1) is 23.7 Å². The lowest BCUT2D eigenvalue weighted by Crippen LogP contribution is -2.38. The fourth-order valence-corrected chi connectivity index (χ4v) is 5.40. The number of rotatable bonds is 4. The van der Waals surface area contributed by atoms with Crippen LogP contribution in [-0.2, 0) is 16.1 Å². The number of hydrogen-bond donors (Lipinski definition) is 0. The maximum Gasteiger partial charge on any atom is 0.334 e. The summed E-state index contributed by atoms with van der Waals surface area (Å²) in [6.45, 7) is 0.358. The highest BCUT2D eigenvalue weighted by molar-refractivity contribution is 6.03. The fourth-order valence-electron chi connectivity index (χ4n) is 5.40. The first-order chi connectivity index (χ1) is 12.3. The Labute approximate surface area is 148 Å². The lowest BCUT2D eigenvalue weighted by atomic mass is 9.59. The van der Waals surface area contributed by atoms with E-state index in [1.165, 1.54) is 30.4 Å². The van der Waals surface area contributed by atoms with Gasteiger partial charge >= 0.3 is 5.97 Å². The average molecular weight is 330 g/mol. The van der Waals surface area contributed by atoms with Crippen LogP contribution in [0.15, 0.2) is 66.2 Å². The summed E-state index contributed by atoms with van der Waals surface area (Å²) >= 11 is 0. The first-order valence-electron chi connectivity index (χ1n) is 9.33. The number of benzene rings is 2. The number of fused-ring (bicyclic) bond motifs is 5. The van der Waals surface area contributed by atoms with E-state index in [4.69, 9.17) is 4.74 Å². The molecule has 0 saturated heterocycles. The Morgan fingerprint density at radius 2 is 1.52 bits per heavy atom. The van der Waals surface area contributed by atoms with E-state index in [1.54, 1.807) is 0 Å². The van der Waals surface area contributed by atoms with Gasteiger partial charge in [0.05, 0.1) is 0 Å². The molecule has 2 fully saturated rings. The largest absolute Gasteiger partial charge is 0.457 e. The van der Waals surface area contributed by atoms with E-state index in [0.717, 1.165) is 17.1 Å². The van der Waals surface area contributed by atoms with Crippen LogP contribution < -0.4 is 0 Å². The molecule has 0 aromatic heterocycles. The van der Waals surface area contributed by atoms with Gasteiger partial charge in [0.2, 0.25) is 0 Å². The highest BCUT2D eigenvalue weighted by Gasteiger charge is 2.58. The average Bonchev–Trinajstić information content (AvgIpc) is 3.20. The molecule has 3 aliphatic carbocycles. The molecule has 3 aliphatic rings. The zero-order valence-corrected chi connectivity index (χ0v) is 14.2. The zero-order valence-electron chi connectivity index (χ0n) is 14.2. The highest BCUT2D eigenvalue weighted by Crippen LogP contribution is 2.66. The van der Waals surface area contributed by atoms with Gasteiger partial charge in [0.15, 0.2) is 0 Å². The molecule has 0 unspecified atom stereocenters. The lowest BCUT2D eigenvalue weighted by molar-refractivity contribution is -0.141. The Bertz CT molecular complexity index is 822. The summed E-state index contributed by atoms with van der Waals surface area (Å²) in [5.74, 6) is 2.40.